The molecule has 0 unspecified atom stereocenters. The Kier molecular flexibility index (Phi) is 10.1. The molecule has 0 spiro atoms. The van der Waals surface area contributed by atoms with Gasteiger partial charge in [-0.15, -0.1) is 0 Å². The molecule has 0 heterocycles. The maximum absolute atomic E-state index is 13.3. The molecule has 2 amide bonds. The lowest BCUT2D eigenvalue weighted by atomic mass is 10.1. The molecule has 0 aliphatic heterocycles. The summed E-state index contributed by atoms with van der Waals surface area (Å²) in [5.74, 6) is -0.287. The van der Waals surface area contributed by atoms with E-state index in [1.807, 2.05) is 39.0 Å². The maximum atomic E-state index is 13.3. The molecule has 0 fully saturated rings. The van der Waals surface area contributed by atoms with Gasteiger partial charge in [0.15, 0.2) is 0 Å². The number of hydrogen-bond acceptors (Lipinski definition) is 2. The van der Waals surface area contributed by atoms with Crippen molar-refractivity contribution in [2.24, 2.45) is 0 Å². The molecule has 4 nitrogen and oxygen atoms in total. The van der Waals surface area contributed by atoms with E-state index in [9.17, 15) is 9.59 Å². The second kappa shape index (κ2) is 12.3. The average Bonchev–Trinajstić information content (AvgIpc) is 2.74. The van der Waals surface area contributed by atoms with Gasteiger partial charge in [-0.1, -0.05) is 72.9 Å². The van der Waals surface area contributed by atoms with Gasteiger partial charge in [0.1, 0.15) is 6.04 Å². The van der Waals surface area contributed by atoms with Gasteiger partial charge in [-0.25, -0.2) is 0 Å². The summed E-state index contributed by atoms with van der Waals surface area (Å²) in [6, 6.07) is 12.1. The number of halogens is 3. The van der Waals surface area contributed by atoms with Gasteiger partial charge in [0.05, 0.1) is 0 Å². The topological polar surface area (TPSA) is 49.4 Å². The van der Waals surface area contributed by atoms with Gasteiger partial charge in [0, 0.05) is 34.1 Å². The standard InChI is InChI=1S/C24H29Cl3N2O2/c1-4-16(3)28-24(31)22(5-2)29(15-18-10-12-19(25)14-21(18)27)23(30)13-11-17-8-6-7-9-20(17)26/h6-10,12,14,16,22H,4-5,11,13,15H2,1-3H3,(H,28,31)/t16-,22+/m1/s1. The molecule has 2 aromatic rings. The van der Waals surface area contributed by atoms with Gasteiger partial charge >= 0.3 is 0 Å². The van der Waals surface area contributed by atoms with Gasteiger partial charge < -0.3 is 10.2 Å². The van der Waals surface area contributed by atoms with Crippen LogP contribution in [0.3, 0.4) is 0 Å². The Morgan fingerprint density at radius 2 is 1.68 bits per heavy atom. The fourth-order valence-electron chi connectivity index (χ4n) is 3.28. The summed E-state index contributed by atoms with van der Waals surface area (Å²) in [7, 11) is 0. The number of nitrogens with one attached hydrogen (secondary N) is 1. The van der Waals surface area contributed by atoms with Crippen LogP contribution >= 0.6 is 34.8 Å². The molecule has 0 aliphatic rings. The van der Waals surface area contributed by atoms with E-state index in [0.717, 1.165) is 17.5 Å². The number of carbonyl (C=O) groups is 2. The van der Waals surface area contributed by atoms with Crippen molar-refractivity contribution in [1.29, 1.82) is 0 Å². The summed E-state index contributed by atoms with van der Waals surface area (Å²) in [6.45, 7) is 6.08. The van der Waals surface area contributed by atoms with Crippen LogP contribution in [0.25, 0.3) is 0 Å². The number of amides is 2. The molecule has 0 saturated carbocycles. The van der Waals surface area contributed by atoms with E-state index in [1.165, 1.54) is 0 Å². The first-order valence-electron chi connectivity index (χ1n) is 10.5. The van der Waals surface area contributed by atoms with Crippen molar-refractivity contribution in [3.63, 3.8) is 0 Å². The Bertz CT molecular complexity index is 904. The van der Waals surface area contributed by atoms with Crippen LogP contribution in [0, 0.1) is 0 Å². The van der Waals surface area contributed by atoms with Crippen LogP contribution in [-0.2, 0) is 22.6 Å². The van der Waals surface area contributed by atoms with Crippen molar-refractivity contribution in [2.75, 3.05) is 0 Å². The predicted molar refractivity (Wildman–Crippen MR) is 129 cm³/mol. The summed E-state index contributed by atoms with van der Waals surface area (Å²) in [4.78, 5) is 27.9. The van der Waals surface area contributed by atoms with Gasteiger partial charge in [-0.05, 0) is 55.5 Å². The van der Waals surface area contributed by atoms with Crippen molar-refractivity contribution in [3.8, 4) is 0 Å². The van der Waals surface area contributed by atoms with Gasteiger partial charge in [0.2, 0.25) is 11.8 Å². The summed E-state index contributed by atoms with van der Waals surface area (Å²) >= 11 is 18.6. The van der Waals surface area contributed by atoms with Crippen LogP contribution < -0.4 is 5.32 Å². The first-order chi connectivity index (χ1) is 14.8. The molecule has 0 aromatic heterocycles. The second-order valence-electron chi connectivity index (χ2n) is 7.59. The fraction of sp³-hybridized carbons (Fsp3) is 0.417. The molecule has 168 valence electrons. The minimum Gasteiger partial charge on any atom is -0.352 e. The molecule has 2 aromatic carbocycles. The molecular weight excluding hydrogens is 455 g/mol. The highest BCUT2D eigenvalue weighted by atomic mass is 35.5. The molecule has 0 aliphatic carbocycles. The largest absolute Gasteiger partial charge is 0.352 e. The highest BCUT2D eigenvalue weighted by Crippen LogP contribution is 2.25. The van der Waals surface area contributed by atoms with Crippen molar-refractivity contribution in [2.45, 2.75) is 65.1 Å². The van der Waals surface area contributed by atoms with E-state index in [4.69, 9.17) is 34.8 Å². The zero-order valence-electron chi connectivity index (χ0n) is 18.1. The second-order valence-corrected chi connectivity index (χ2v) is 8.84. The Labute approximate surface area is 199 Å². The van der Waals surface area contributed by atoms with E-state index < -0.39 is 6.04 Å². The molecule has 0 radical (unpaired) electrons. The molecular formula is C24H29Cl3N2O2. The summed E-state index contributed by atoms with van der Waals surface area (Å²) in [5.41, 5.74) is 1.64. The van der Waals surface area contributed by atoms with E-state index in [0.29, 0.717) is 27.9 Å². The molecule has 7 heteroatoms. The lowest BCUT2D eigenvalue weighted by Gasteiger charge is -2.32. The Hall–Kier alpha value is -1.75. The minimum atomic E-state index is -0.598. The van der Waals surface area contributed by atoms with Crippen molar-refractivity contribution in [1.82, 2.24) is 10.2 Å². The van der Waals surface area contributed by atoms with Crippen LogP contribution in [0.15, 0.2) is 42.5 Å². The van der Waals surface area contributed by atoms with Crippen molar-refractivity contribution >= 4 is 46.6 Å². The van der Waals surface area contributed by atoms with Crippen molar-refractivity contribution in [3.05, 3.63) is 68.7 Å². The highest BCUT2D eigenvalue weighted by Gasteiger charge is 2.29. The quantitative estimate of drug-likeness (QED) is 0.431. The zero-order valence-corrected chi connectivity index (χ0v) is 20.4. The van der Waals surface area contributed by atoms with Gasteiger partial charge in [-0.3, -0.25) is 9.59 Å². The number of nitrogens with zero attached hydrogens (tertiary/aromatic N) is 1. The third-order valence-corrected chi connectivity index (χ3v) is 6.26. The number of hydrogen-bond donors (Lipinski definition) is 1. The summed E-state index contributed by atoms with van der Waals surface area (Å²) < 4.78 is 0. The summed E-state index contributed by atoms with van der Waals surface area (Å²) in [5, 5.41) is 4.62. The third-order valence-electron chi connectivity index (χ3n) is 5.31. The number of benzene rings is 2. The average molecular weight is 484 g/mol. The fourth-order valence-corrected chi connectivity index (χ4v) is 3.98. The van der Waals surface area contributed by atoms with E-state index in [2.05, 4.69) is 5.32 Å². The first-order valence-corrected chi connectivity index (χ1v) is 11.7. The molecule has 0 saturated heterocycles. The Morgan fingerprint density at radius 3 is 2.29 bits per heavy atom. The van der Waals surface area contributed by atoms with Crippen molar-refractivity contribution < 1.29 is 9.59 Å². The maximum Gasteiger partial charge on any atom is 0.243 e. The van der Waals surface area contributed by atoms with Crippen LogP contribution in [0.1, 0.15) is 51.2 Å². The zero-order chi connectivity index (χ0) is 23.0. The van der Waals surface area contributed by atoms with E-state index in [-0.39, 0.29) is 30.8 Å². The number of aryl methyl sites for hydroxylation is 1. The highest BCUT2D eigenvalue weighted by molar-refractivity contribution is 6.35. The van der Waals surface area contributed by atoms with Crippen LogP contribution in [0.2, 0.25) is 15.1 Å². The minimum absolute atomic E-state index is 0.0285. The van der Waals surface area contributed by atoms with E-state index >= 15 is 0 Å². The normalized spacial score (nSPS) is 12.8. The first kappa shape index (κ1) is 25.5. The van der Waals surface area contributed by atoms with Crippen LogP contribution in [-0.4, -0.2) is 28.8 Å². The molecule has 2 atom stereocenters. The van der Waals surface area contributed by atoms with E-state index in [1.54, 1.807) is 29.2 Å². The third kappa shape index (κ3) is 7.41. The number of rotatable bonds is 10. The van der Waals surface area contributed by atoms with Crippen LogP contribution in [0.5, 0.6) is 0 Å². The molecule has 0 bridgehead atoms. The van der Waals surface area contributed by atoms with Gasteiger partial charge in [0.25, 0.3) is 0 Å². The molecule has 1 N–H and O–H groups in total. The Balaban J connectivity index is 2.27. The lowest BCUT2D eigenvalue weighted by Crippen LogP contribution is -2.50. The van der Waals surface area contributed by atoms with Gasteiger partial charge in [-0.2, -0.15) is 0 Å². The summed E-state index contributed by atoms with van der Waals surface area (Å²) in [6.07, 6.45) is 2.03. The SMILES string of the molecule is CC[C@@H](C)NC(=O)[C@H](CC)N(Cc1ccc(Cl)cc1Cl)C(=O)CCc1ccccc1Cl. The predicted octanol–water partition coefficient (Wildman–Crippen LogP) is 6.30. The molecule has 31 heavy (non-hydrogen) atoms. The Morgan fingerprint density at radius 1 is 0.968 bits per heavy atom. The number of carbonyl (C=O) groups excluding carboxylic acids is 2. The monoisotopic (exact) mass is 482 g/mol. The smallest absolute Gasteiger partial charge is 0.243 e. The van der Waals surface area contributed by atoms with Crippen LogP contribution in [0.4, 0.5) is 0 Å². The lowest BCUT2D eigenvalue weighted by molar-refractivity contribution is -0.141. The molecule has 2 rings (SSSR count).